The lowest BCUT2D eigenvalue weighted by atomic mass is 9.84. The van der Waals surface area contributed by atoms with Crippen LogP contribution in [0.15, 0.2) is 27.4 Å². The van der Waals surface area contributed by atoms with Gasteiger partial charge < -0.3 is 14.2 Å². The van der Waals surface area contributed by atoms with Gasteiger partial charge in [-0.25, -0.2) is 4.79 Å². The maximum absolute atomic E-state index is 12.7. The number of hydrogen-bond acceptors (Lipinski definition) is 4. The molecule has 2 fully saturated rings. The molecule has 7 nitrogen and oxygen atoms in total. The molecule has 26 heavy (non-hydrogen) atoms. The van der Waals surface area contributed by atoms with Gasteiger partial charge in [-0.2, -0.15) is 0 Å². The highest BCUT2D eigenvalue weighted by atomic mass is 16.4. The molecule has 0 unspecified atom stereocenters. The number of nitrogens with zero attached hydrogens (tertiary/aromatic N) is 2. The van der Waals surface area contributed by atoms with Crippen LogP contribution in [0, 0.1) is 5.92 Å². The fourth-order valence-corrected chi connectivity index (χ4v) is 3.70. The highest BCUT2D eigenvalue weighted by Gasteiger charge is 2.30. The minimum absolute atomic E-state index is 0.0492. The van der Waals surface area contributed by atoms with Gasteiger partial charge in [-0.1, -0.05) is 12.5 Å². The monoisotopic (exact) mass is 357 g/mol. The molecule has 7 heteroatoms. The number of carbonyl (C=O) groups excluding carboxylic acids is 2. The Labute approximate surface area is 150 Å². The molecule has 1 N–H and O–H groups in total. The van der Waals surface area contributed by atoms with Gasteiger partial charge in [0.15, 0.2) is 5.58 Å². The zero-order chi connectivity index (χ0) is 18.1. The van der Waals surface area contributed by atoms with Crippen molar-refractivity contribution in [3.05, 3.63) is 34.3 Å². The predicted octanol–water partition coefficient (Wildman–Crippen LogP) is 1.52. The van der Waals surface area contributed by atoms with E-state index in [4.69, 9.17) is 4.42 Å². The maximum atomic E-state index is 12.7. The molecule has 2 aromatic rings. The van der Waals surface area contributed by atoms with Crippen LogP contribution in [0.1, 0.15) is 31.2 Å². The van der Waals surface area contributed by atoms with Crippen LogP contribution in [0.2, 0.25) is 0 Å². The third-order valence-corrected chi connectivity index (χ3v) is 5.45. The van der Waals surface area contributed by atoms with Gasteiger partial charge in [0.05, 0.1) is 11.9 Å². The summed E-state index contributed by atoms with van der Waals surface area (Å²) >= 11 is 0. The summed E-state index contributed by atoms with van der Waals surface area (Å²) in [6.07, 6.45) is 4.27. The standard InChI is InChI=1S/C19H23N3O4/c23-17(12-13-5-6-16-15(11-13)20-19(25)26-16)21-7-2-8-22(10-9-21)18(24)14-3-1-4-14/h5-6,11,14H,1-4,7-10,12H2,(H,20,25). The third-order valence-electron chi connectivity index (χ3n) is 5.45. The summed E-state index contributed by atoms with van der Waals surface area (Å²) in [6, 6.07) is 5.29. The van der Waals surface area contributed by atoms with Crippen molar-refractivity contribution < 1.29 is 14.0 Å². The molecule has 1 aromatic carbocycles. The summed E-state index contributed by atoms with van der Waals surface area (Å²) in [5, 5.41) is 0. The Hall–Kier alpha value is -2.57. The number of aromatic nitrogens is 1. The first-order valence-electron chi connectivity index (χ1n) is 9.28. The maximum Gasteiger partial charge on any atom is 0.417 e. The Morgan fingerprint density at radius 2 is 1.85 bits per heavy atom. The van der Waals surface area contributed by atoms with E-state index in [-0.39, 0.29) is 24.2 Å². The highest BCUT2D eigenvalue weighted by Crippen LogP contribution is 2.28. The van der Waals surface area contributed by atoms with Crippen LogP contribution in [0.3, 0.4) is 0 Å². The smallest absolute Gasteiger partial charge is 0.408 e. The van der Waals surface area contributed by atoms with Crippen LogP contribution in [0.4, 0.5) is 0 Å². The first-order valence-corrected chi connectivity index (χ1v) is 9.28. The van der Waals surface area contributed by atoms with Crippen molar-refractivity contribution in [1.82, 2.24) is 14.8 Å². The van der Waals surface area contributed by atoms with Crippen LogP contribution in [0.5, 0.6) is 0 Å². The van der Waals surface area contributed by atoms with Crippen LogP contribution >= 0.6 is 0 Å². The van der Waals surface area contributed by atoms with Crippen LogP contribution < -0.4 is 5.76 Å². The number of oxazole rings is 1. The van der Waals surface area contributed by atoms with Crippen molar-refractivity contribution in [2.45, 2.75) is 32.1 Å². The lowest BCUT2D eigenvalue weighted by Crippen LogP contribution is -2.41. The molecule has 1 aromatic heterocycles. The van der Waals surface area contributed by atoms with Crippen LogP contribution in [-0.2, 0) is 16.0 Å². The van der Waals surface area contributed by atoms with E-state index in [1.807, 2.05) is 9.80 Å². The van der Waals surface area contributed by atoms with Gasteiger partial charge in [-0.3, -0.25) is 14.6 Å². The third kappa shape index (κ3) is 3.38. The first-order chi connectivity index (χ1) is 12.6. The Bertz CT molecular complexity index is 880. The SMILES string of the molecule is O=C(Cc1ccc2oc(=O)[nH]c2c1)N1CCCN(C(=O)C2CCC2)CC1. The fraction of sp³-hybridized carbons (Fsp3) is 0.526. The molecule has 0 radical (unpaired) electrons. The van der Waals surface area contributed by atoms with Crippen molar-refractivity contribution in [2.24, 2.45) is 5.92 Å². The Kier molecular flexibility index (Phi) is 4.53. The Balaban J connectivity index is 1.37. The Morgan fingerprint density at radius 3 is 2.62 bits per heavy atom. The van der Waals surface area contributed by atoms with Gasteiger partial charge in [0.1, 0.15) is 0 Å². The number of amides is 2. The fourth-order valence-electron chi connectivity index (χ4n) is 3.70. The van der Waals surface area contributed by atoms with Crippen molar-refractivity contribution in [1.29, 1.82) is 0 Å². The summed E-state index contributed by atoms with van der Waals surface area (Å²) < 4.78 is 4.98. The van der Waals surface area contributed by atoms with E-state index in [1.165, 1.54) is 0 Å². The highest BCUT2D eigenvalue weighted by molar-refractivity contribution is 5.82. The lowest BCUT2D eigenvalue weighted by molar-refractivity contribution is -0.138. The van der Waals surface area contributed by atoms with Gasteiger partial charge in [0, 0.05) is 32.1 Å². The quantitative estimate of drug-likeness (QED) is 0.902. The van der Waals surface area contributed by atoms with E-state index in [1.54, 1.807) is 18.2 Å². The molecule has 1 saturated carbocycles. The number of benzene rings is 1. The zero-order valence-corrected chi connectivity index (χ0v) is 14.7. The van der Waals surface area contributed by atoms with E-state index in [2.05, 4.69) is 4.98 Å². The van der Waals surface area contributed by atoms with Gasteiger partial charge in [0.2, 0.25) is 11.8 Å². The van der Waals surface area contributed by atoms with Crippen molar-refractivity contribution >= 4 is 22.9 Å². The lowest BCUT2D eigenvalue weighted by Gasteiger charge is -2.31. The zero-order valence-electron chi connectivity index (χ0n) is 14.7. The van der Waals surface area contributed by atoms with Crippen LogP contribution in [0.25, 0.3) is 11.1 Å². The summed E-state index contributed by atoms with van der Waals surface area (Å²) in [5.74, 6) is 0.0290. The second-order valence-electron chi connectivity index (χ2n) is 7.21. The molecule has 2 amide bonds. The number of H-pyrrole nitrogens is 1. The normalized spacial score (nSPS) is 18.6. The number of aromatic amines is 1. The van der Waals surface area contributed by atoms with Gasteiger partial charge in [-0.05, 0) is 37.0 Å². The second-order valence-corrected chi connectivity index (χ2v) is 7.21. The molecule has 2 aliphatic rings. The van der Waals surface area contributed by atoms with E-state index >= 15 is 0 Å². The number of fused-ring (bicyclic) bond motifs is 1. The molecule has 1 saturated heterocycles. The number of nitrogens with one attached hydrogen (secondary N) is 1. The predicted molar refractivity (Wildman–Crippen MR) is 95.7 cm³/mol. The molecule has 138 valence electrons. The molecule has 0 atom stereocenters. The summed E-state index contributed by atoms with van der Waals surface area (Å²) in [7, 11) is 0. The first kappa shape index (κ1) is 16.9. The van der Waals surface area contributed by atoms with Crippen molar-refractivity contribution in [3.8, 4) is 0 Å². The molecule has 0 spiro atoms. The topological polar surface area (TPSA) is 86.6 Å². The van der Waals surface area contributed by atoms with Gasteiger partial charge >= 0.3 is 5.76 Å². The minimum atomic E-state index is -0.493. The van der Waals surface area contributed by atoms with Gasteiger partial charge in [-0.15, -0.1) is 0 Å². The largest absolute Gasteiger partial charge is 0.417 e. The molecular formula is C19H23N3O4. The molecule has 4 rings (SSSR count). The number of carbonyl (C=O) groups is 2. The minimum Gasteiger partial charge on any atom is -0.408 e. The molecule has 0 bridgehead atoms. The van der Waals surface area contributed by atoms with Crippen molar-refractivity contribution in [3.63, 3.8) is 0 Å². The second kappa shape index (κ2) is 6.97. The summed E-state index contributed by atoms with van der Waals surface area (Å²) in [6.45, 7) is 2.62. The molecule has 2 heterocycles. The van der Waals surface area contributed by atoms with E-state index in [9.17, 15) is 14.4 Å². The average Bonchev–Trinajstić information content (AvgIpc) is 2.78. The van der Waals surface area contributed by atoms with E-state index < -0.39 is 5.76 Å². The van der Waals surface area contributed by atoms with Crippen LogP contribution in [-0.4, -0.2) is 52.8 Å². The van der Waals surface area contributed by atoms with E-state index in [0.29, 0.717) is 30.7 Å². The number of hydrogen-bond donors (Lipinski definition) is 1. The average molecular weight is 357 g/mol. The van der Waals surface area contributed by atoms with E-state index in [0.717, 1.165) is 37.8 Å². The summed E-state index contributed by atoms with van der Waals surface area (Å²) in [4.78, 5) is 42.7. The molecule has 1 aliphatic carbocycles. The van der Waals surface area contributed by atoms with Crippen molar-refractivity contribution in [2.75, 3.05) is 26.2 Å². The molecular weight excluding hydrogens is 334 g/mol. The number of rotatable bonds is 3. The van der Waals surface area contributed by atoms with Gasteiger partial charge in [0.25, 0.3) is 0 Å². The summed E-state index contributed by atoms with van der Waals surface area (Å²) in [5.41, 5.74) is 1.94. The Morgan fingerprint density at radius 1 is 1.08 bits per heavy atom. The molecule has 1 aliphatic heterocycles.